The van der Waals surface area contributed by atoms with E-state index in [1.54, 1.807) is 0 Å². The highest BCUT2D eigenvalue weighted by Gasteiger charge is 2.30. The zero-order valence-corrected chi connectivity index (χ0v) is 15.2. The average molecular weight is 365 g/mol. The molecule has 2 aromatic rings. The van der Waals surface area contributed by atoms with Gasteiger partial charge >= 0.3 is 6.18 Å². The van der Waals surface area contributed by atoms with Crippen molar-refractivity contribution in [1.82, 2.24) is 0 Å². The summed E-state index contributed by atoms with van der Waals surface area (Å²) in [6.07, 6.45) is -4.33. The standard InChI is InChI=1S/C20H23F3N2O/c1-14(2)17-6-4-5-7-18(17)24-19(26)13-25(3)12-15-8-10-16(11-9-15)20(21,22)23/h4-11,14H,12-13H2,1-3H3,(H,24,26)/p+1. The van der Waals surface area contributed by atoms with Crippen LogP contribution in [0.3, 0.4) is 0 Å². The maximum absolute atomic E-state index is 12.6. The number of carbonyl (C=O) groups excluding carboxylic acids is 1. The number of anilines is 1. The number of alkyl halides is 3. The molecule has 2 aromatic carbocycles. The molecule has 6 heteroatoms. The van der Waals surface area contributed by atoms with E-state index in [1.807, 2.05) is 31.3 Å². The van der Waals surface area contributed by atoms with E-state index in [0.29, 0.717) is 12.5 Å². The lowest BCUT2D eigenvalue weighted by atomic mass is 10.0. The van der Waals surface area contributed by atoms with Crippen LogP contribution in [0.15, 0.2) is 48.5 Å². The molecule has 0 heterocycles. The Morgan fingerprint density at radius 1 is 1.08 bits per heavy atom. The van der Waals surface area contributed by atoms with Gasteiger partial charge in [-0.1, -0.05) is 44.2 Å². The van der Waals surface area contributed by atoms with Crippen LogP contribution in [0.4, 0.5) is 18.9 Å². The van der Waals surface area contributed by atoms with Gasteiger partial charge in [-0.25, -0.2) is 0 Å². The van der Waals surface area contributed by atoms with Crippen LogP contribution in [0.25, 0.3) is 0 Å². The minimum Gasteiger partial charge on any atom is -0.326 e. The van der Waals surface area contributed by atoms with Gasteiger partial charge < -0.3 is 10.2 Å². The highest BCUT2D eigenvalue weighted by atomic mass is 19.4. The van der Waals surface area contributed by atoms with Crippen LogP contribution in [0.2, 0.25) is 0 Å². The summed E-state index contributed by atoms with van der Waals surface area (Å²) in [7, 11) is 1.84. The summed E-state index contributed by atoms with van der Waals surface area (Å²) >= 11 is 0. The molecule has 0 aliphatic rings. The van der Waals surface area contributed by atoms with Crippen LogP contribution in [0.5, 0.6) is 0 Å². The first-order valence-corrected chi connectivity index (χ1v) is 8.53. The normalized spacial score (nSPS) is 12.9. The first-order valence-electron chi connectivity index (χ1n) is 8.53. The molecule has 1 amide bonds. The SMILES string of the molecule is CC(C)c1ccccc1NC(=O)C[NH+](C)Cc1ccc(C(F)(F)F)cc1. The average Bonchev–Trinajstić information content (AvgIpc) is 2.54. The zero-order valence-electron chi connectivity index (χ0n) is 15.2. The third-order valence-corrected chi connectivity index (χ3v) is 4.11. The maximum Gasteiger partial charge on any atom is 0.416 e. The monoisotopic (exact) mass is 365 g/mol. The summed E-state index contributed by atoms with van der Waals surface area (Å²) in [5, 5.41) is 2.93. The Balaban J connectivity index is 1.93. The predicted octanol–water partition coefficient (Wildman–Crippen LogP) is 3.48. The number of hydrogen-bond acceptors (Lipinski definition) is 1. The maximum atomic E-state index is 12.6. The van der Waals surface area contributed by atoms with E-state index < -0.39 is 11.7 Å². The van der Waals surface area contributed by atoms with Gasteiger partial charge in [0, 0.05) is 11.3 Å². The summed E-state index contributed by atoms with van der Waals surface area (Å²) in [6.45, 7) is 4.82. The number of para-hydroxylation sites is 1. The molecule has 2 rings (SSSR count). The van der Waals surface area contributed by atoms with Crippen LogP contribution in [-0.4, -0.2) is 19.5 Å². The largest absolute Gasteiger partial charge is 0.416 e. The molecule has 0 spiro atoms. The number of nitrogens with one attached hydrogen (secondary N) is 2. The fourth-order valence-corrected chi connectivity index (χ4v) is 2.81. The number of benzene rings is 2. The van der Waals surface area contributed by atoms with E-state index >= 15 is 0 Å². The fraction of sp³-hybridized carbons (Fsp3) is 0.350. The Morgan fingerprint density at radius 2 is 1.69 bits per heavy atom. The van der Waals surface area contributed by atoms with Gasteiger partial charge in [-0.05, 0) is 29.7 Å². The Labute approximate surface area is 151 Å². The van der Waals surface area contributed by atoms with Crippen molar-refractivity contribution < 1.29 is 22.9 Å². The second-order valence-electron chi connectivity index (χ2n) is 6.80. The van der Waals surface area contributed by atoms with Crippen molar-refractivity contribution in [2.45, 2.75) is 32.5 Å². The lowest BCUT2D eigenvalue weighted by Gasteiger charge is -2.17. The molecule has 0 radical (unpaired) electrons. The first kappa shape index (κ1) is 20.0. The number of halogens is 3. The summed E-state index contributed by atoms with van der Waals surface area (Å²) in [4.78, 5) is 13.2. The van der Waals surface area contributed by atoms with Crippen molar-refractivity contribution in [2.24, 2.45) is 0 Å². The van der Waals surface area contributed by atoms with Crippen molar-refractivity contribution in [3.05, 3.63) is 65.2 Å². The van der Waals surface area contributed by atoms with E-state index in [9.17, 15) is 18.0 Å². The number of quaternary nitrogens is 1. The predicted molar refractivity (Wildman–Crippen MR) is 96.1 cm³/mol. The molecule has 0 fully saturated rings. The number of amides is 1. The minimum absolute atomic E-state index is 0.123. The highest BCUT2D eigenvalue weighted by molar-refractivity contribution is 5.92. The zero-order chi connectivity index (χ0) is 19.3. The molecule has 26 heavy (non-hydrogen) atoms. The second-order valence-corrected chi connectivity index (χ2v) is 6.80. The molecule has 3 nitrogen and oxygen atoms in total. The summed E-state index contributed by atoms with van der Waals surface area (Å²) < 4.78 is 37.8. The number of rotatable bonds is 6. The van der Waals surface area contributed by atoms with E-state index in [4.69, 9.17) is 0 Å². The van der Waals surface area contributed by atoms with Crippen LogP contribution < -0.4 is 10.2 Å². The van der Waals surface area contributed by atoms with Crippen LogP contribution >= 0.6 is 0 Å². The lowest BCUT2D eigenvalue weighted by molar-refractivity contribution is -0.885. The third kappa shape index (κ3) is 5.59. The number of likely N-dealkylation sites (N-methyl/N-ethyl adjacent to an activating group) is 1. The van der Waals surface area contributed by atoms with Crippen LogP contribution in [0.1, 0.15) is 36.5 Å². The van der Waals surface area contributed by atoms with E-state index in [2.05, 4.69) is 19.2 Å². The van der Waals surface area contributed by atoms with Crippen molar-refractivity contribution in [3.63, 3.8) is 0 Å². The molecule has 2 N–H and O–H groups in total. The molecule has 0 saturated heterocycles. The van der Waals surface area contributed by atoms with Gasteiger partial charge in [0.25, 0.3) is 5.91 Å². The fourth-order valence-electron chi connectivity index (χ4n) is 2.81. The van der Waals surface area contributed by atoms with Crippen LogP contribution in [-0.2, 0) is 17.5 Å². The summed E-state index contributed by atoms with van der Waals surface area (Å²) in [6, 6.07) is 12.7. The van der Waals surface area contributed by atoms with Gasteiger partial charge in [-0.15, -0.1) is 0 Å². The molecule has 1 atom stereocenters. The molecule has 0 aliphatic heterocycles. The number of hydrogen-bond donors (Lipinski definition) is 2. The summed E-state index contributed by atoms with van der Waals surface area (Å²) in [5.41, 5.74) is 1.96. The first-order chi connectivity index (χ1) is 12.2. The Morgan fingerprint density at radius 3 is 2.27 bits per heavy atom. The topological polar surface area (TPSA) is 33.5 Å². The highest BCUT2D eigenvalue weighted by Crippen LogP contribution is 2.29. The third-order valence-electron chi connectivity index (χ3n) is 4.11. The van der Waals surface area contributed by atoms with Gasteiger partial charge in [-0.2, -0.15) is 13.2 Å². The van der Waals surface area contributed by atoms with E-state index in [-0.39, 0.29) is 12.5 Å². The molecule has 1 unspecified atom stereocenters. The number of carbonyl (C=O) groups is 1. The van der Waals surface area contributed by atoms with E-state index in [0.717, 1.165) is 33.8 Å². The van der Waals surface area contributed by atoms with Gasteiger partial charge in [-0.3, -0.25) is 4.79 Å². The van der Waals surface area contributed by atoms with Gasteiger partial charge in [0.1, 0.15) is 6.54 Å². The molecular weight excluding hydrogens is 341 g/mol. The van der Waals surface area contributed by atoms with Crippen LogP contribution in [0, 0.1) is 0 Å². The Kier molecular flexibility index (Phi) is 6.42. The lowest BCUT2D eigenvalue weighted by Crippen LogP contribution is -3.08. The smallest absolute Gasteiger partial charge is 0.326 e. The van der Waals surface area contributed by atoms with Crippen molar-refractivity contribution in [1.29, 1.82) is 0 Å². The van der Waals surface area contributed by atoms with Gasteiger partial charge in [0.2, 0.25) is 0 Å². The Bertz CT molecular complexity index is 739. The quantitative estimate of drug-likeness (QED) is 0.807. The summed E-state index contributed by atoms with van der Waals surface area (Å²) in [5.74, 6) is 0.172. The second kappa shape index (κ2) is 8.36. The molecule has 0 aliphatic carbocycles. The molecule has 0 saturated carbocycles. The van der Waals surface area contributed by atoms with Gasteiger partial charge in [0.05, 0.1) is 12.6 Å². The Hall–Kier alpha value is -2.34. The van der Waals surface area contributed by atoms with Crippen molar-refractivity contribution >= 4 is 11.6 Å². The van der Waals surface area contributed by atoms with Gasteiger partial charge in [0.15, 0.2) is 6.54 Å². The molecule has 0 bridgehead atoms. The minimum atomic E-state index is -4.33. The van der Waals surface area contributed by atoms with Crippen molar-refractivity contribution in [3.8, 4) is 0 Å². The van der Waals surface area contributed by atoms with Crippen molar-refractivity contribution in [2.75, 3.05) is 18.9 Å². The molecule has 140 valence electrons. The van der Waals surface area contributed by atoms with E-state index in [1.165, 1.54) is 12.1 Å². The molecule has 0 aromatic heterocycles. The molecular formula is C20H24F3N2O+.